The van der Waals surface area contributed by atoms with Crippen molar-refractivity contribution in [3.8, 4) is 10.6 Å². The van der Waals surface area contributed by atoms with Crippen LogP contribution in [0.15, 0.2) is 42.5 Å². The Bertz CT molecular complexity index is 1040. The van der Waals surface area contributed by atoms with Gasteiger partial charge in [-0.1, -0.05) is 29.8 Å². The number of hydrogen-bond acceptors (Lipinski definition) is 4. The van der Waals surface area contributed by atoms with Crippen LogP contribution in [0.3, 0.4) is 0 Å². The average Bonchev–Trinajstić information content (AvgIpc) is 3.05. The zero-order valence-electron chi connectivity index (χ0n) is 16.2. The summed E-state index contributed by atoms with van der Waals surface area (Å²) < 4.78 is 0.656. The number of para-hydroxylation sites is 1. The van der Waals surface area contributed by atoms with E-state index in [1.807, 2.05) is 51.1 Å². The largest absolute Gasteiger partial charge is 0.350 e. The molecule has 5 nitrogen and oxygen atoms in total. The summed E-state index contributed by atoms with van der Waals surface area (Å²) in [6.07, 6.45) is 0. The van der Waals surface area contributed by atoms with Crippen molar-refractivity contribution in [2.75, 3.05) is 0 Å². The lowest BCUT2D eigenvalue weighted by Gasteiger charge is -2.23. The van der Waals surface area contributed by atoms with Gasteiger partial charge in [-0.2, -0.15) is 0 Å². The molecule has 2 aromatic heterocycles. The minimum absolute atomic E-state index is 0.232. The first-order chi connectivity index (χ1) is 13.1. The minimum atomic E-state index is -0.668. The van der Waals surface area contributed by atoms with Gasteiger partial charge in [0.2, 0.25) is 5.91 Å². The first-order valence-electron chi connectivity index (χ1n) is 8.92. The van der Waals surface area contributed by atoms with E-state index in [2.05, 4.69) is 15.6 Å². The Kier molecular flexibility index (Phi) is 5.72. The number of aromatic nitrogens is 1. The summed E-state index contributed by atoms with van der Waals surface area (Å²) in [7, 11) is 0. The molecule has 0 saturated heterocycles. The lowest BCUT2D eigenvalue weighted by Crippen LogP contribution is -2.50. The molecule has 0 fully saturated rings. The van der Waals surface area contributed by atoms with Gasteiger partial charge in [0.25, 0.3) is 5.91 Å². The van der Waals surface area contributed by atoms with Crippen LogP contribution in [-0.4, -0.2) is 28.4 Å². The molecule has 0 radical (unpaired) electrons. The Morgan fingerprint density at radius 3 is 2.50 bits per heavy atom. The number of thiophene rings is 1. The molecular formula is C21H22ClN3O2S. The highest BCUT2D eigenvalue weighted by molar-refractivity contribution is 7.19. The van der Waals surface area contributed by atoms with Gasteiger partial charge in [-0.3, -0.25) is 9.59 Å². The van der Waals surface area contributed by atoms with E-state index >= 15 is 0 Å². The van der Waals surface area contributed by atoms with Crippen molar-refractivity contribution in [3.63, 3.8) is 0 Å². The Labute approximate surface area is 173 Å². The standard InChI is InChI=1S/C21H22ClN3O2S/c1-12(19(26)25-21(2,3)4)23-20(27)14-11-16(17-9-10-18(22)28-17)24-15-8-6-5-7-13(14)15/h5-12H,1-4H3,(H,23,27)(H,25,26). The smallest absolute Gasteiger partial charge is 0.252 e. The second kappa shape index (κ2) is 7.89. The van der Waals surface area contributed by atoms with Crippen LogP contribution in [0.5, 0.6) is 0 Å². The van der Waals surface area contributed by atoms with Crippen LogP contribution in [0.2, 0.25) is 4.34 Å². The highest BCUT2D eigenvalue weighted by Crippen LogP contribution is 2.32. The monoisotopic (exact) mass is 415 g/mol. The number of fused-ring (bicyclic) bond motifs is 1. The van der Waals surface area contributed by atoms with Crippen molar-refractivity contribution in [1.29, 1.82) is 0 Å². The van der Waals surface area contributed by atoms with Gasteiger partial charge in [0.1, 0.15) is 6.04 Å². The number of carbonyl (C=O) groups excluding carboxylic acids is 2. The van der Waals surface area contributed by atoms with E-state index in [4.69, 9.17) is 11.6 Å². The Hall–Kier alpha value is -2.44. The topological polar surface area (TPSA) is 71.1 Å². The van der Waals surface area contributed by atoms with Gasteiger partial charge in [-0.15, -0.1) is 11.3 Å². The first kappa shape index (κ1) is 20.3. The van der Waals surface area contributed by atoms with E-state index in [0.29, 0.717) is 21.1 Å². The molecule has 0 bridgehead atoms. The number of nitrogens with one attached hydrogen (secondary N) is 2. The molecule has 0 aliphatic heterocycles. The summed E-state index contributed by atoms with van der Waals surface area (Å²) in [6.45, 7) is 7.36. The summed E-state index contributed by atoms with van der Waals surface area (Å²) in [5, 5.41) is 6.40. The molecule has 3 aromatic rings. The molecule has 1 unspecified atom stereocenters. The maximum absolute atomic E-state index is 13.0. The molecule has 3 rings (SSSR count). The summed E-state index contributed by atoms with van der Waals surface area (Å²) in [4.78, 5) is 30.9. The number of pyridine rings is 1. The maximum Gasteiger partial charge on any atom is 0.252 e. The third-order valence-corrected chi connectivity index (χ3v) is 5.28. The van der Waals surface area contributed by atoms with Crippen molar-refractivity contribution in [2.24, 2.45) is 0 Å². The molecular weight excluding hydrogens is 394 g/mol. The van der Waals surface area contributed by atoms with Gasteiger partial charge in [0.05, 0.1) is 26.0 Å². The zero-order chi connectivity index (χ0) is 20.5. The minimum Gasteiger partial charge on any atom is -0.350 e. The lowest BCUT2D eigenvalue weighted by molar-refractivity contribution is -0.124. The normalized spacial score (nSPS) is 12.6. The lowest BCUT2D eigenvalue weighted by atomic mass is 10.1. The summed E-state index contributed by atoms with van der Waals surface area (Å²) >= 11 is 7.46. The molecule has 28 heavy (non-hydrogen) atoms. The Morgan fingerprint density at radius 1 is 1.14 bits per heavy atom. The first-order valence-corrected chi connectivity index (χ1v) is 10.1. The number of amides is 2. The zero-order valence-corrected chi connectivity index (χ0v) is 17.7. The molecule has 2 amide bonds. The van der Waals surface area contributed by atoms with Crippen LogP contribution in [0.25, 0.3) is 21.5 Å². The maximum atomic E-state index is 13.0. The van der Waals surface area contributed by atoms with Crippen molar-refractivity contribution >= 4 is 45.7 Å². The fourth-order valence-corrected chi connectivity index (χ4v) is 3.76. The van der Waals surface area contributed by atoms with Crippen LogP contribution in [-0.2, 0) is 4.79 Å². The molecule has 0 aliphatic carbocycles. The second-order valence-corrected chi connectivity index (χ2v) is 9.33. The molecule has 1 atom stereocenters. The molecule has 0 spiro atoms. The van der Waals surface area contributed by atoms with Crippen LogP contribution >= 0.6 is 22.9 Å². The van der Waals surface area contributed by atoms with Gasteiger partial charge in [-0.25, -0.2) is 4.98 Å². The molecule has 146 valence electrons. The molecule has 7 heteroatoms. The van der Waals surface area contributed by atoms with Gasteiger partial charge in [-0.05, 0) is 52.0 Å². The molecule has 0 aliphatic rings. The highest BCUT2D eigenvalue weighted by atomic mass is 35.5. The van der Waals surface area contributed by atoms with Crippen LogP contribution in [0.1, 0.15) is 38.1 Å². The second-order valence-electron chi connectivity index (χ2n) is 7.61. The predicted molar refractivity (Wildman–Crippen MR) is 115 cm³/mol. The number of halogens is 1. The summed E-state index contributed by atoms with van der Waals surface area (Å²) in [5.74, 6) is -0.552. The molecule has 2 N–H and O–H groups in total. The number of nitrogens with zero attached hydrogens (tertiary/aromatic N) is 1. The molecule has 2 heterocycles. The van der Waals surface area contributed by atoms with Crippen LogP contribution in [0.4, 0.5) is 0 Å². The number of hydrogen-bond donors (Lipinski definition) is 2. The number of benzene rings is 1. The van der Waals surface area contributed by atoms with Crippen molar-refractivity contribution in [3.05, 3.63) is 52.4 Å². The van der Waals surface area contributed by atoms with Crippen LogP contribution in [0, 0.1) is 0 Å². The van der Waals surface area contributed by atoms with E-state index in [0.717, 1.165) is 10.3 Å². The fraction of sp³-hybridized carbons (Fsp3) is 0.286. The van der Waals surface area contributed by atoms with Gasteiger partial charge in [0, 0.05) is 10.9 Å². The van der Waals surface area contributed by atoms with E-state index in [1.54, 1.807) is 19.1 Å². The van der Waals surface area contributed by atoms with Gasteiger partial charge >= 0.3 is 0 Å². The van der Waals surface area contributed by atoms with E-state index in [-0.39, 0.29) is 17.4 Å². The SMILES string of the molecule is CC(NC(=O)c1cc(-c2ccc(Cl)s2)nc2ccccc12)C(=O)NC(C)(C)C. The van der Waals surface area contributed by atoms with Gasteiger partial charge < -0.3 is 10.6 Å². The fourth-order valence-electron chi connectivity index (χ4n) is 2.76. The number of carbonyl (C=O) groups is 2. The van der Waals surface area contributed by atoms with Crippen LogP contribution < -0.4 is 10.6 Å². The molecule has 1 aromatic carbocycles. The Balaban J connectivity index is 1.94. The van der Waals surface area contributed by atoms with E-state index < -0.39 is 6.04 Å². The summed E-state index contributed by atoms with van der Waals surface area (Å²) in [5.41, 5.74) is 1.49. The average molecular weight is 416 g/mol. The van der Waals surface area contributed by atoms with Gasteiger partial charge in [0.15, 0.2) is 0 Å². The van der Waals surface area contributed by atoms with Crippen molar-refractivity contribution < 1.29 is 9.59 Å². The van der Waals surface area contributed by atoms with Crippen molar-refractivity contribution in [2.45, 2.75) is 39.3 Å². The number of rotatable bonds is 4. The quantitative estimate of drug-likeness (QED) is 0.651. The third kappa shape index (κ3) is 4.69. The molecule has 0 saturated carbocycles. The van der Waals surface area contributed by atoms with Crippen molar-refractivity contribution in [1.82, 2.24) is 15.6 Å². The third-order valence-electron chi connectivity index (χ3n) is 4.03. The Morgan fingerprint density at radius 2 is 1.86 bits per heavy atom. The highest BCUT2D eigenvalue weighted by Gasteiger charge is 2.22. The summed E-state index contributed by atoms with van der Waals surface area (Å²) in [6, 6.07) is 12.2. The van der Waals surface area contributed by atoms with E-state index in [9.17, 15) is 9.59 Å². The predicted octanol–water partition coefficient (Wildman–Crippen LogP) is 4.65. The van der Waals surface area contributed by atoms with E-state index in [1.165, 1.54) is 11.3 Å².